The van der Waals surface area contributed by atoms with E-state index in [0.29, 0.717) is 50.6 Å². The summed E-state index contributed by atoms with van der Waals surface area (Å²) in [7, 11) is 0. The third-order valence-electron chi connectivity index (χ3n) is 8.49. The van der Waals surface area contributed by atoms with E-state index in [9.17, 15) is 24.0 Å². The van der Waals surface area contributed by atoms with Crippen LogP contribution in [0.15, 0.2) is 60.7 Å². The Morgan fingerprint density at radius 3 is 2.23 bits per heavy atom. The Hall–Kier alpha value is -4.21. The Balaban J connectivity index is 1.50. The van der Waals surface area contributed by atoms with Crippen LogP contribution < -0.4 is 16.0 Å². The maximum absolute atomic E-state index is 13.9. The summed E-state index contributed by atoms with van der Waals surface area (Å²) in [5.41, 5.74) is 0.0823. The van der Waals surface area contributed by atoms with Gasteiger partial charge in [0.15, 0.2) is 0 Å². The van der Waals surface area contributed by atoms with Crippen LogP contribution >= 0.6 is 0 Å². The van der Waals surface area contributed by atoms with Crippen molar-refractivity contribution in [2.45, 2.75) is 88.9 Å². The van der Waals surface area contributed by atoms with E-state index < -0.39 is 41.4 Å². The SMILES string of the molecule is CCC1(CC)NC(=O)[C@H](CCCCOC(=O)c2ccccc2)NC(=O)[C@H]2CCCN2C(=O)[C@H](Cc2ccccc2)NC1=O. The van der Waals surface area contributed by atoms with E-state index in [4.69, 9.17) is 4.74 Å². The van der Waals surface area contributed by atoms with E-state index in [1.807, 2.05) is 50.2 Å². The normalized spacial score (nSPS) is 22.4. The zero-order valence-corrected chi connectivity index (χ0v) is 25.0. The molecule has 0 aromatic heterocycles. The number of fused-ring (bicyclic) bond motifs is 1. The number of hydrogen-bond donors (Lipinski definition) is 3. The van der Waals surface area contributed by atoms with Crippen LogP contribution in [0, 0.1) is 0 Å². The first-order valence-electron chi connectivity index (χ1n) is 15.3. The van der Waals surface area contributed by atoms with Gasteiger partial charge < -0.3 is 25.6 Å². The molecule has 2 heterocycles. The van der Waals surface area contributed by atoms with E-state index in [1.54, 1.807) is 29.2 Å². The van der Waals surface area contributed by atoms with Gasteiger partial charge in [-0.25, -0.2) is 4.79 Å². The summed E-state index contributed by atoms with van der Waals surface area (Å²) in [6.45, 7) is 4.19. The van der Waals surface area contributed by atoms with Crippen LogP contribution in [0.4, 0.5) is 0 Å². The van der Waals surface area contributed by atoms with Gasteiger partial charge in [-0.05, 0) is 62.6 Å². The zero-order chi connectivity index (χ0) is 30.8. The number of esters is 1. The minimum absolute atomic E-state index is 0.167. The highest BCUT2D eigenvalue weighted by atomic mass is 16.5. The number of ether oxygens (including phenoxy) is 1. The van der Waals surface area contributed by atoms with Crippen molar-refractivity contribution in [1.82, 2.24) is 20.9 Å². The lowest BCUT2D eigenvalue weighted by Crippen LogP contribution is -2.66. The highest BCUT2D eigenvalue weighted by molar-refractivity contribution is 5.99. The minimum Gasteiger partial charge on any atom is -0.462 e. The number of rotatable bonds is 10. The van der Waals surface area contributed by atoms with Gasteiger partial charge in [0, 0.05) is 13.0 Å². The molecule has 10 nitrogen and oxygen atoms in total. The molecule has 2 aromatic carbocycles. The second-order valence-corrected chi connectivity index (χ2v) is 11.2. The van der Waals surface area contributed by atoms with Crippen molar-refractivity contribution in [2.24, 2.45) is 0 Å². The average Bonchev–Trinajstić information content (AvgIpc) is 3.53. The van der Waals surface area contributed by atoms with Crippen LogP contribution in [0.25, 0.3) is 0 Å². The molecule has 0 unspecified atom stereocenters. The number of benzene rings is 2. The van der Waals surface area contributed by atoms with Crippen molar-refractivity contribution >= 4 is 29.6 Å². The Labute approximate surface area is 252 Å². The fourth-order valence-electron chi connectivity index (χ4n) is 5.79. The quantitative estimate of drug-likeness (QED) is 0.288. The molecule has 43 heavy (non-hydrogen) atoms. The Bertz CT molecular complexity index is 1280. The van der Waals surface area contributed by atoms with Gasteiger partial charge in [0.1, 0.15) is 23.7 Å². The van der Waals surface area contributed by atoms with Crippen LogP contribution in [0.3, 0.4) is 0 Å². The lowest BCUT2D eigenvalue weighted by molar-refractivity contribution is -0.145. The van der Waals surface area contributed by atoms with Gasteiger partial charge in [0.25, 0.3) is 0 Å². The number of hydrogen-bond acceptors (Lipinski definition) is 6. The van der Waals surface area contributed by atoms with Crippen LogP contribution in [0.2, 0.25) is 0 Å². The van der Waals surface area contributed by atoms with E-state index in [-0.39, 0.29) is 31.3 Å². The van der Waals surface area contributed by atoms with Crippen LogP contribution in [-0.4, -0.2) is 71.3 Å². The second-order valence-electron chi connectivity index (χ2n) is 11.2. The molecule has 10 heteroatoms. The van der Waals surface area contributed by atoms with Crippen molar-refractivity contribution in [3.8, 4) is 0 Å². The monoisotopic (exact) mass is 590 g/mol. The fraction of sp³-hybridized carbons (Fsp3) is 0.485. The number of carbonyl (C=O) groups excluding carboxylic acids is 5. The van der Waals surface area contributed by atoms with E-state index in [2.05, 4.69) is 16.0 Å². The molecule has 2 saturated heterocycles. The van der Waals surface area contributed by atoms with Gasteiger partial charge in [-0.3, -0.25) is 19.2 Å². The van der Waals surface area contributed by atoms with Gasteiger partial charge >= 0.3 is 5.97 Å². The largest absolute Gasteiger partial charge is 0.462 e. The summed E-state index contributed by atoms with van der Waals surface area (Å²) in [5.74, 6) is -1.99. The smallest absolute Gasteiger partial charge is 0.338 e. The highest BCUT2D eigenvalue weighted by Gasteiger charge is 2.44. The molecule has 0 spiro atoms. The topological polar surface area (TPSA) is 134 Å². The van der Waals surface area contributed by atoms with Gasteiger partial charge in [0.05, 0.1) is 12.2 Å². The van der Waals surface area contributed by atoms with E-state index >= 15 is 0 Å². The predicted octanol–water partition coefficient (Wildman–Crippen LogP) is 2.91. The number of unbranched alkanes of at least 4 members (excludes halogenated alkanes) is 1. The fourth-order valence-corrected chi connectivity index (χ4v) is 5.79. The van der Waals surface area contributed by atoms with Crippen LogP contribution in [0.5, 0.6) is 0 Å². The van der Waals surface area contributed by atoms with Gasteiger partial charge in [-0.2, -0.15) is 0 Å². The van der Waals surface area contributed by atoms with Gasteiger partial charge in [-0.1, -0.05) is 62.4 Å². The molecule has 2 aromatic rings. The van der Waals surface area contributed by atoms with Crippen LogP contribution in [-0.2, 0) is 30.3 Å². The molecule has 4 amide bonds. The summed E-state index contributed by atoms with van der Waals surface area (Å²) < 4.78 is 5.36. The van der Waals surface area contributed by atoms with E-state index in [1.165, 1.54) is 0 Å². The third-order valence-corrected chi connectivity index (χ3v) is 8.49. The molecule has 0 bridgehead atoms. The first-order chi connectivity index (χ1) is 20.8. The molecule has 3 atom stereocenters. The van der Waals surface area contributed by atoms with Gasteiger partial charge in [0.2, 0.25) is 23.6 Å². The Morgan fingerprint density at radius 1 is 0.884 bits per heavy atom. The molecule has 4 rings (SSSR count). The molecule has 230 valence electrons. The van der Waals surface area contributed by atoms with E-state index in [0.717, 1.165) is 5.56 Å². The zero-order valence-electron chi connectivity index (χ0n) is 25.0. The standard InChI is InChI=1S/C33H42N4O6/c1-3-33(4-2)32(42)35-26(22-23-14-7-5-8-15-23)30(40)37-20-13-19-27(37)29(39)34-25(28(38)36-33)18-11-12-21-43-31(41)24-16-9-6-10-17-24/h5-10,14-17,25-27H,3-4,11-13,18-22H2,1-2H3,(H,34,39)(H,35,42)(H,36,38)/t25-,26-,27+/m0/s1. The van der Waals surface area contributed by atoms with Crippen LogP contribution in [0.1, 0.15) is 74.7 Å². The average molecular weight is 591 g/mol. The first kappa shape index (κ1) is 31.7. The molecule has 2 fully saturated rings. The first-order valence-corrected chi connectivity index (χ1v) is 15.3. The molecular weight excluding hydrogens is 548 g/mol. The van der Waals surface area contributed by atoms with Crippen molar-refractivity contribution < 1.29 is 28.7 Å². The predicted molar refractivity (Wildman–Crippen MR) is 161 cm³/mol. The molecule has 2 aliphatic heterocycles. The number of amides is 4. The maximum Gasteiger partial charge on any atom is 0.338 e. The molecule has 2 aliphatic rings. The Kier molecular flexibility index (Phi) is 10.9. The van der Waals surface area contributed by atoms with Gasteiger partial charge in [-0.15, -0.1) is 0 Å². The van der Waals surface area contributed by atoms with Crippen molar-refractivity contribution in [3.05, 3.63) is 71.8 Å². The molecule has 0 radical (unpaired) electrons. The second kappa shape index (κ2) is 14.8. The number of carbonyl (C=O) groups is 5. The molecular formula is C33H42N4O6. The summed E-state index contributed by atoms with van der Waals surface area (Å²) in [4.78, 5) is 68.7. The minimum atomic E-state index is -1.26. The molecule has 0 saturated carbocycles. The molecule has 3 N–H and O–H groups in total. The summed E-state index contributed by atoms with van der Waals surface area (Å²) in [6, 6.07) is 15.6. The third kappa shape index (κ3) is 7.80. The number of nitrogens with one attached hydrogen (secondary N) is 3. The molecule has 0 aliphatic carbocycles. The lowest BCUT2D eigenvalue weighted by atomic mass is 9.89. The Morgan fingerprint density at radius 2 is 1.56 bits per heavy atom. The highest BCUT2D eigenvalue weighted by Crippen LogP contribution is 2.23. The van der Waals surface area contributed by atoms with Crippen molar-refractivity contribution in [2.75, 3.05) is 13.2 Å². The number of nitrogens with zero attached hydrogens (tertiary/aromatic N) is 1. The summed E-state index contributed by atoms with van der Waals surface area (Å²) in [5, 5.41) is 8.76. The summed E-state index contributed by atoms with van der Waals surface area (Å²) >= 11 is 0. The van der Waals surface area contributed by atoms with Crippen molar-refractivity contribution in [1.29, 1.82) is 0 Å². The van der Waals surface area contributed by atoms with Crippen molar-refractivity contribution in [3.63, 3.8) is 0 Å². The maximum atomic E-state index is 13.9. The summed E-state index contributed by atoms with van der Waals surface area (Å²) in [6.07, 6.45) is 3.25. The lowest BCUT2D eigenvalue weighted by Gasteiger charge is -2.37.